The van der Waals surface area contributed by atoms with Gasteiger partial charge in [0.15, 0.2) is 0 Å². The molecule has 0 aromatic rings. The van der Waals surface area contributed by atoms with Crippen molar-refractivity contribution in [1.82, 2.24) is 0 Å². The summed E-state index contributed by atoms with van der Waals surface area (Å²) in [4.78, 5) is 24.3. The van der Waals surface area contributed by atoms with Gasteiger partial charge in [0.2, 0.25) is 0 Å². The molecule has 24 heavy (non-hydrogen) atoms. The highest BCUT2D eigenvalue weighted by atomic mass is 16.6. The van der Waals surface area contributed by atoms with Crippen LogP contribution in [-0.4, -0.2) is 24.1 Å². The van der Waals surface area contributed by atoms with Crippen LogP contribution in [0, 0.1) is 23.2 Å². The molecule has 0 bridgehead atoms. The molecule has 6 atom stereocenters. The van der Waals surface area contributed by atoms with Gasteiger partial charge in [-0.1, -0.05) is 32.6 Å². The zero-order chi connectivity index (χ0) is 17.6. The lowest BCUT2D eigenvalue weighted by Crippen LogP contribution is -2.53. The molecule has 4 nitrogen and oxygen atoms in total. The summed E-state index contributed by atoms with van der Waals surface area (Å²) >= 11 is 0. The van der Waals surface area contributed by atoms with E-state index < -0.39 is 0 Å². The zero-order valence-corrected chi connectivity index (χ0v) is 14.9. The van der Waals surface area contributed by atoms with Gasteiger partial charge in [-0.25, -0.2) is 4.79 Å². The average molecular weight is 330 g/mol. The molecular weight excluding hydrogens is 304 g/mol. The Hall–Kier alpha value is -1.84. The number of hydrogen-bond acceptors (Lipinski definition) is 4. The SMILES string of the molecule is C=C1C=C[C@@H](OC(=O)/C(C)=C/C)[C@@]2(C)CC[C@@H]3[C@@H](OC(=O)[C@@H]3C)[C@@H]12. The van der Waals surface area contributed by atoms with Gasteiger partial charge in [-0.2, -0.15) is 0 Å². The topological polar surface area (TPSA) is 52.6 Å². The second kappa shape index (κ2) is 5.91. The predicted molar refractivity (Wildman–Crippen MR) is 91.0 cm³/mol. The molecule has 0 amide bonds. The number of carbonyl (C=O) groups is 2. The summed E-state index contributed by atoms with van der Waals surface area (Å²) in [5.74, 6) is -0.246. The van der Waals surface area contributed by atoms with Crippen molar-refractivity contribution in [3.05, 3.63) is 36.0 Å². The van der Waals surface area contributed by atoms with Crippen LogP contribution >= 0.6 is 0 Å². The Balaban J connectivity index is 1.91. The van der Waals surface area contributed by atoms with Crippen molar-refractivity contribution in [3.63, 3.8) is 0 Å². The van der Waals surface area contributed by atoms with E-state index in [4.69, 9.17) is 9.47 Å². The molecule has 0 unspecified atom stereocenters. The molecule has 0 N–H and O–H groups in total. The maximum atomic E-state index is 12.2. The summed E-state index contributed by atoms with van der Waals surface area (Å²) in [7, 11) is 0. The lowest BCUT2D eigenvalue weighted by atomic mass is 9.55. The monoisotopic (exact) mass is 330 g/mol. The summed E-state index contributed by atoms with van der Waals surface area (Å²) in [6, 6.07) is 0. The Labute approximate surface area is 143 Å². The van der Waals surface area contributed by atoms with Crippen LogP contribution in [-0.2, 0) is 19.1 Å². The van der Waals surface area contributed by atoms with Crippen LogP contribution in [0.5, 0.6) is 0 Å². The quantitative estimate of drug-likeness (QED) is 0.573. The number of fused-ring (bicyclic) bond motifs is 3. The first-order valence-electron chi connectivity index (χ1n) is 8.71. The molecule has 2 aliphatic carbocycles. The normalized spacial score (nSPS) is 41.5. The first kappa shape index (κ1) is 17.0. The number of hydrogen-bond donors (Lipinski definition) is 0. The molecule has 4 heteroatoms. The van der Waals surface area contributed by atoms with Crippen LogP contribution in [0.2, 0.25) is 0 Å². The summed E-state index contributed by atoms with van der Waals surface area (Å²) < 4.78 is 11.5. The van der Waals surface area contributed by atoms with Crippen LogP contribution in [0.1, 0.15) is 40.5 Å². The van der Waals surface area contributed by atoms with E-state index in [1.54, 1.807) is 13.0 Å². The van der Waals surface area contributed by atoms with Gasteiger partial charge in [-0.15, -0.1) is 0 Å². The Kier molecular flexibility index (Phi) is 4.18. The average Bonchev–Trinajstić information content (AvgIpc) is 2.83. The first-order valence-corrected chi connectivity index (χ1v) is 8.71. The van der Waals surface area contributed by atoms with E-state index in [-0.39, 0.29) is 47.3 Å². The highest BCUT2D eigenvalue weighted by Gasteiger charge is 2.59. The molecule has 0 radical (unpaired) electrons. The smallest absolute Gasteiger partial charge is 0.333 e. The summed E-state index contributed by atoms with van der Waals surface area (Å²) in [6.07, 6.45) is 6.91. The van der Waals surface area contributed by atoms with Crippen molar-refractivity contribution in [3.8, 4) is 0 Å². The Bertz CT molecular complexity index is 644. The lowest BCUT2D eigenvalue weighted by Gasteiger charge is -2.51. The maximum Gasteiger partial charge on any atom is 0.333 e. The molecule has 3 rings (SSSR count). The van der Waals surface area contributed by atoms with E-state index in [0.29, 0.717) is 5.57 Å². The summed E-state index contributed by atoms with van der Waals surface area (Å²) in [5.41, 5.74) is 1.27. The fraction of sp³-hybridized carbons (Fsp3) is 0.600. The van der Waals surface area contributed by atoms with E-state index in [9.17, 15) is 9.59 Å². The highest BCUT2D eigenvalue weighted by molar-refractivity contribution is 5.87. The van der Waals surface area contributed by atoms with Crippen LogP contribution in [0.4, 0.5) is 0 Å². The van der Waals surface area contributed by atoms with Gasteiger partial charge in [-0.05, 0) is 38.3 Å². The molecule has 0 aromatic carbocycles. The number of carbonyl (C=O) groups excluding carboxylic acids is 2. The predicted octanol–water partition coefficient (Wildman–Crippen LogP) is 3.58. The third-order valence-corrected chi connectivity index (χ3v) is 6.27. The first-order chi connectivity index (χ1) is 11.3. The molecule has 0 aromatic heterocycles. The van der Waals surface area contributed by atoms with Crippen molar-refractivity contribution >= 4 is 11.9 Å². The summed E-state index contributed by atoms with van der Waals surface area (Å²) in [6.45, 7) is 11.8. The standard InChI is InChI=1S/C20H26O4/c1-6-11(2)18(21)23-15-8-7-12(3)16-17-14(9-10-20(15,16)5)13(4)19(22)24-17/h6-8,13-17H,3,9-10H2,1-2,4-5H3/b11-6+/t13-,14+,15-,16-,17-,20-/m1/s1. The molecule has 0 spiro atoms. The zero-order valence-electron chi connectivity index (χ0n) is 14.9. The van der Waals surface area contributed by atoms with Gasteiger partial charge in [-0.3, -0.25) is 4.79 Å². The fourth-order valence-electron chi connectivity index (χ4n) is 4.51. The molecule has 2 fully saturated rings. The Morgan fingerprint density at radius 3 is 2.88 bits per heavy atom. The minimum Gasteiger partial charge on any atom is -0.461 e. The van der Waals surface area contributed by atoms with Gasteiger partial charge in [0.05, 0.1) is 5.92 Å². The maximum absolute atomic E-state index is 12.2. The number of esters is 2. The van der Waals surface area contributed by atoms with Crippen molar-refractivity contribution in [1.29, 1.82) is 0 Å². The third-order valence-electron chi connectivity index (χ3n) is 6.27. The Morgan fingerprint density at radius 1 is 1.50 bits per heavy atom. The highest BCUT2D eigenvalue weighted by Crippen LogP contribution is 2.56. The fourth-order valence-corrected chi connectivity index (χ4v) is 4.51. The largest absolute Gasteiger partial charge is 0.461 e. The van der Waals surface area contributed by atoms with E-state index in [2.05, 4.69) is 13.5 Å². The van der Waals surface area contributed by atoms with Crippen molar-refractivity contribution in [2.24, 2.45) is 23.2 Å². The van der Waals surface area contributed by atoms with E-state index >= 15 is 0 Å². The molecule has 130 valence electrons. The second-order valence-corrected chi connectivity index (χ2v) is 7.61. The minimum atomic E-state index is -0.328. The van der Waals surface area contributed by atoms with Crippen molar-refractivity contribution in [2.75, 3.05) is 0 Å². The Morgan fingerprint density at radius 2 is 2.21 bits per heavy atom. The molecule has 1 saturated carbocycles. The van der Waals surface area contributed by atoms with Crippen LogP contribution in [0.15, 0.2) is 36.0 Å². The number of allylic oxidation sites excluding steroid dienone is 2. The lowest BCUT2D eigenvalue weighted by molar-refractivity contribution is -0.160. The van der Waals surface area contributed by atoms with Crippen LogP contribution in [0.25, 0.3) is 0 Å². The molecule has 3 aliphatic rings. The van der Waals surface area contributed by atoms with E-state index in [1.807, 2.05) is 26.0 Å². The molecular formula is C20H26O4. The summed E-state index contributed by atoms with van der Waals surface area (Å²) in [5, 5.41) is 0. The van der Waals surface area contributed by atoms with Gasteiger partial charge < -0.3 is 9.47 Å². The molecule has 1 heterocycles. The van der Waals surface area contributed by atoms with E-state index in [1.165, 1.54) is 0 Å². The van der Waals surface area contributed by atoms with E-state index in [0.717, 1.165) is 18.4 Å². The second-order valence-electron chi connectivity index (χ2n) is 7.61. The number of rotatable bonds is 2. The van der Waals surface area contributed by atoms with Crippen LogP contribution in [0.3, 0.4) is 0 Å². The van der Waals surface area contributed by atoms with Crippen LogP contribution < -0.4 is 0 Å². The minimum absolute atomic E-state index is 0.00105. The van der Waals surface area contributed by atoms with Gasteiger partial charge in [0.1, 0.15) is 12.2 Å². The van der Waals surface area contributed by atoms with Crippen molar-refractivity contribution < 1.29 is 19.1 Å². The molecule has 1 aliphatic heterocycles. The van der Waals surface area contributed by atoms with Gasteiger partial charge in [0.25, 0.3) is 0 Å². The van der Waals surface area contributed by atoms with Gasteiger partial charge in [0, 0.05) is 22.8 Å². The number of ether oxygens (including phenoxy) is 2. The molecule has 1 saturated heterocycles. The van der Waals surface area contributed by atoms with Crippen molar-refractivity contribution in [2.45, 2.75) is 52.7 Å². The third kappa shape index (κ3) is 2.43. The van der Waals surface area contributed by atoms with Gasteiger partial charge >= 0.3 is 11.9 Å².